The summed E-state index contributed by atoms with van der Waals surface area (Å²) in [5, 5.41) is 20.9. The molecule has 0 saturated carbocycles. The van der Waals surface area contributed by atoms with Crippen LogP contribution in [-0.4, -0.2) is 59.5 Å². The number of hydrogen-bond donors (Lipinski definition) is 4. The Balaban J connectivity index is 2.28. The van der Waals surface area contributed by atoms with E-state index in [9.17, 15) is 4.79 Å². The standard InChI is InChI=1S/C9H19N3O3/c10-9(15)12-3-1-7(2-4-12)11-8(5-13)6-14/h7-8,11,13-14H,1-6H2,(H2,10,15). The molecule has 0 aromatic heterocycles. The van der Waals surface area contributed by atoms with Gasteiger partial charge in [0.1, 0.15) is 0 Å². The highest BCUT2D eigenvalue weighted by atomic mass is 16.3. The van der Waals surface area contributed by atoms with Crippen LogP contribution in [-0.2, 0) is 0 Å². The van der Waals surface area contributed by atoms with Crippen LogP contribution in [0.4, 0.5) is 4.79 Å². The van der Waals surface area contributed by atoms with E-state index in [2.05, 4.69) is 5.32 Å². The van der Waals surface area contributed by atoms with Gasteiger partial charge < -0.3 is 26.2 Å². The summed E-state index contributed by atoms with van der Waals surface area (Å²) in [6.07, 6.45) is 1.61. The zero-order chi connectivity index (χ0) is 11.3. The molecule has 2 amide bonds. The highest BCUT2D eigenvalue weighted by molar-refractivity contribution is 5.72. The summed E-state index contributed by atoms with van der Waals surface area (Å²) in [5.41, 5.74) is 5.15. The maximum absolute atomic E-state index is 10.8. The van der Waals surface area contributed by atoms with E-state index < -0.39 is 0 Å². The first-order valence-corrected chi connectivity index (χ1v) is 5.19. The number of carbonyl (C=O) groups excluding carboxylic acids is 1. The minimum absolute atomic E-state index is 0.0769. The second kappa shape index (κ2) is 5.89. The number of aliphatic hydroxyl groups excluding tert-OH is 2. The van der Waals surface area contributed by atoms with Gasteiger partial charge >= 0.3 is 6.03 Å². The maximum Gasteiger partial charge on any atom is 0.314 e. The number of amides is 2. The fourth-order valence-electron chi connectivity index (χ4n) is 1.76. The van der Waals surface area contributed by atoms with Crippen LogP contribution >= 0.6 is 0 Å². The van der Waals surface area contributed by atoms with Gasteiger partial charge in [-0.2, -0.15) is 0 Å². The Morgan fingerprint density at radius 2 is 1.93 bits per heavy atom. The van der Waals surface area contributed by atoms with Crippen LogP contribution in [0.5, 0.6) is 0 Å². The van der Waals surface area contributed by atoms with Crippen molar-refractivity contribution in [1.82, 2.24) is 10.2 Å². The van der Waals surface area contributed by atoms with Crippen molar-refractivity contribution in [3.05, 3.63) is 0 Å². The summed E-state index contributed by atoms with van der Waals surface area (Å²) in [4.78, 5) is 12.4. The predicted octanol–water partition coefficient (Wildman–Crippen LogP) is -1.53. The molecule has 6 heteroatoms. The molecule has 1 rings (SSSR count). The number of nitrogens with one attached hydrogen (secondary N) is 1. The normalized spacial score (nSPS) is 18.5. The Labute approximate surface area is 89.1 Å². The van der Waals surface area contributed by atoms with Gasteiger partial charge in [-0.15, -0.1) is 0 Å². The van der Waals surface area contributed by atoms with Gasteiger partial charge in [-0.25, -0.2) is 4.79 Å². The van der Waals surface area contributed by atoms with Gasteiger partial charge in [0.05, 0.1) is 19.3 Å². The summed E-state index contributed by atoms with van der Waals surface area (Å²) in [6.45, 7) is 1.12. The largest absolute Gasteiger partial charge is 0.395 e. The number of likely N-dealkylation sites (tertiary alicyclic amines) is 1. The molecule has 0 bridgehead atoms. The molecule has 0 aliphatic carbocycles. The highest BCUT2D eigenvalue weighted by Crippen LogP contribution is 2.10. The van der Waals surface area contributed by atoms with Gasteiger partial charge in [0, 0.05) is 19.1 Å². The number of urea groups is 1. The predicted molar refractivity (Wildman–Crippen MR) is 55.3 cm³/mol. The second-order valence-corrected chi connectivity index (χ2v) is 3.83. The van der Waals surface area contributed by atoms with Crippen LogP contribution in [0.2, 0.25) is 0 Å². The first-order chi connectivity index (χ1) is 7.17. The molecule has 1 fully saturated rings. The number of aliphatic hydroxyl groups is 2. The van der Waals surface area contributed by atoms with Crippen molar-refractivity contribution in [1.29, 1.82) is 0 Å². The lowest BCUT2D eigenvalue weighted by Crippen LogP contribution is -2.50. The van der Waals surface area contributed by atoms with E-state index in [0.29, 0.717) is 13.1 Å². The van der Waals surface area contributed by atoms with E-state index in [4.69, 9.17) is 15.9 Å². The van der Waals surface area contributed by atoms with Crippen LogP contribution < -0.4 is 11.1 Å². The quantitative estimate of drug-likeness (QED) is 0.459. The van der Waals surface area contributed by atoms with E-state index in [-0.39, 0.29) is 31.3 Å². The number of nitrogens with two attached hydrogens (primary N) is 1. The van der Waals surface area contributed by atoms with Crippen molar-refractivity contribution in [2.45, 2.75) is 24.9 Å². The first-order valence-electron chi connectivity index (χ1n) is 5.19. The first kappa shape index (κ1) is 12.2. The topological polar surface area (TPSA) is 98.8 Å². The Bertz CT molecular complexity index is 201. The van der Waals surface area contributed by atoms with Crippen molar-refractivity contribution in [3.8, 4) is 0 Å². The van der Waals surface area contributed by atoms with Crippen molar-refractivity contribution in [3.63, 3.8) is 0 Å². The van der Waals surface area contributed by atoms with Crippen LogP contribution in [0.3, 0.4) is 0 Å². The summed E-state index contributed by atoms with van der Waals surface area (Å²) in [5.74, 6) is 0. The highest BCUT2D eigenvalue weighted by Gasteiger charge is 2.22. The van der Waals surface area contributed by atoms with E-state index in [0.717, 1.165) is 12.8 Å². The van der Waals surface area contributed by atoms with Crippen molar-refractivity contribution >= 4 is 6.03 Å². The summed E-state index contributed by atoms with van der Waals surface area (Å²) in [6, 6.07) is -0.408. The fraction of sp³-hybridized carbons (Fsp3) is 0.889. The number of nitrogens with zero attached hydrogens (tertiary/aromatic N) is 1. The third-order valence-electron chi connectivity index (χ3n) is 2.72. The number of rotatable bonds is 4. The number of carbonyl (C=O) groups is 1. The molecule has 0 aromatic rings. The third kappa shape index (κ3) is 3.65. The van der Waals surface area contributed by atoms with Crippen molar-refractivity contribution in [2.75, 3.05) is 26.3 Å². The molecule has 88 valence electrons. The second-order valence-electron chi connectivity index (χ2n) is 3.83. The Morgan fingerprint density at radius 3 is 2.33 bits per heavy atom. The van der Waals surface area contributed by atoms with Gasteiger partial charge in [0.25, 0.3) is 0 Å². The lowest BCUT2D eigenvalue weighted by atomic mass is 10.0. The maximum atomic E-state index is 10.8. The number of primary amides is 1. The van der Waals surface area contributed by atoms with Gasteiger partial charge in [-0.05, 0) is 12.8 Å². The molecule has 0 spiro atoms. The lowest BCUT2D eigenvalue weighted by Gasteiger charge is -2.32. The van der Waals surface area contributed by atoms with E-state index >= 15 is 0 Å². The number of piperidine rings is 1. The summed E-state index contributed by atoms with van der Waals surface area (Å²) < 4.78 is 0. The van der Waals surface area contributed by atoms with Crippen LogP contribution in [0.1, 0.15) is 12.8 Å². The number of hydrogen-bond acceptors (Lipinski definition) is 4. The van der Waals surface area contributed by atoms with Gasteiger partial charge in [0.15, 0.2) is 0 Å². The molecule has 1 aliphatic heterocycles. The average Bonchev–Trinajstić information content (AvgIpc) is 2.26. The zero-order valence-electron chi connectivity index (χ0n) is 8.72. The summed E-state index contributed by atoms with van der Waals surface area (Å²) in [7, 11) is 0. The van der Waals surface area contributed by atoms with Crippen molar-refractivity contribution in [2.24, 2.45) is 5.73 Å². The van der Waals surface area contributed by atoms with Gasteiger partial charge in [0.2, 0.25) is 0 Å². The van der Waals surface area contributed by atoms with Crippen LogP contribution in [0.25, 0.3) is 0 Å². The molecule has 15 heavy (non-hydrogen) atoms. The SMILES string of the molecule is NC(=O)N1CCC(NC(CO)CO)CC1. The minimum Gasteiger partial charge on any atom is -0.395 e. The van der Waals surface area contributed by atoms with Gasteiger partial charge in [-0.3, -0.25) is 0 Å². The van der Waals surface area contributed by atoms with Crippen molar-refractivity contribution < 1.29 is 15.0 Å². The molecular weight excluding hydrogens is 198 g/mol. The molecule has 1 aliphatic rings. The monoisotopic (exact) mass is 217 g/mol. The Hall–Kier alpha value is -0.850. The molecule has 5 N–H and O–H groups in total. The lowest BCUT2D eigenvalue weighted by molar-refractivity contribution is 0.141. The molecule has 6 nitrogen and oxygen atoms in total. The average molecular weight is 217 g/mol. The minimum atomic E-state index is -0.380. The summed E-state index contributed by atoms with van der Waals surface area (Å²) >= 11 is 0. The molecule has 1 heterocycles. The Kier molecular flexibility index (Phi) is 4.80. The van der Waals surface area contributed by atoms with Crippen LogP contribution in [0.15, 0.2) is 0 Å². The van der Waals surface area contributed by atoms with E-state index in [1.54, 1.807) is 4.90 Å². The molecular formula is C9H19N3O3. The molecule has 0 aromatic carbocycles. The smallest absolute Gasteiger partial charge is 0.314 e. The third-order valence-corrected chi connectivity index (χ3v) is 2.72. The Morgan fingerprint density at radius 1 is 1.40 bits per heavy atom. The molecule has 1 saturated heterocycles. The van der Waals surface area contributed by atoms with E-state index in [1.807, 2.05) is 0 Å². The zero-order valence-corrected chi connectivity index (χ0v) is 8.72. The van der Waals surface area contributed by atoms with Gasteiger partial charge in [-0.1, -0.05) is 0 Å². The fourth-order valence-corrected chi connectivity index (χ4v) is 1.76. The molecule has 0 atom stereocenters. The molecule has 0 radical (unpaired) electrons. The van der Waals surface area contributed by atoms with Crippen LogP contribution in [0, 0.1) is 0 Å². The van der Waals surface area contributed by atoms with E-state index in [1.165, 1.54) is 0 Å². The molecule has 0 unspecified atom stereocenters.